The molecule has 2 fully saturated rings. The molecule has 0 bridgehead atoms. The molecule has 0 aromatic rings. The third-order valence-corrected chi connectivity index (χ3v) is 4.66. The number of hydrogen-bond acceptors (Lipinski definition) is 2. The summed E-state index contributed by atoms with van der Waals surface area (Å²) in [5.41, 5.74) is 0.870. The minimum absolute atomic E-state index is 0.339. The molecule has 1 heterocycles. The van der Waals surface area contributed by atoms with Crippen molar-refractivity contribution in [1.29, 1.82) is 0 Å². The van der Waals surface area contributed by atoms with E-state index < -0.39 is 0 Å². The van der Waals surface area contributed by atoms with Crippen molar-refractivity contribution in [3.63, 3.8) is 0 Å². The summed E-state index contributed by atoms with van der Waals surface area (Å²) in [5.74, 6) is 1.21. The van der Waals surface area contributed by atoms with Crippen molar-refractivity contribution in [3.8, 4) is 0 Å². The molecule has 2 aliphatic rings. The molecule has 0 aromatic heterocycles. The van der Waals surface area contributed by atoms with Gasteiger partial charge in [-0.2, -0.15) is 0 Å². The van der Waals surface area contributed by atoms with Crippen molar-refractivity contribution < 1.29 is 0 Å². The van der Waals surface area contributed by atoms with Crippen LogP contribution in [0.3, 0.4) is 0 Å². The first-order valence-electron chi connectivity index (χ1n) is 6.33. The first-order chi connectivity index (χ1) is 7.39. The largest absolute Gasteiger partial charge is 0.362 e. The van der Waals surface area contributed by atoms with Crippen LogP contribution in [-0.2, 0) is 0 Å². The Kier molecular flexibility index (Phi) is 3.26. The second-order valence-electron chi connectivity index (χ2n) is 6.63. The quantitative estimate of drug-likeness (QED) is 0.801. The lowest BCUT2D eigenvalue weighted by Gasteiger charge is -2.35. The Morgan fingerprint density at radius 1 is 1.44 bits per heavy atom. The molecule has 1 aliphatic heterocycles. The standard InChI is InChI=1S/C13H24N2S/c1-12(2,3)10-5-8-16-11(15-10)14-9-13(4)6-7-13/h10H,5-9H2,1-4H3,(H,14,15). The second kappa shape index (κ2) is 4.25. The van der Waals surface area contributed by atoms with Gasteiger partial charge >= 0.3 is 0 Å². The van der Waals surface area contributed by atoms with Crippen LogP contribution >= 0.6 is 11.8 Å². The summed E-state index contributed by atoms with van der Waals surface area (Å²) in [6, 6.07) is 0.583. The predicted molar refractivity (Wildman–Crippen MR) is 73.1 cm³/mol. The molecule has 3 heteroatoms. The fraction of sp³-hybridized carbons (Fsp3) is 0.923. The highest BCUT2D eigenvalue weighted by Gasteiger charge is 2.37. The van der Waals surface area contributed by atoms with Gasteiger partial charge in [0.15, 0.2) is 5.17 Å². The Morgan fingerprint density at radius 2 is 2.12 bits per heavy atom. The summed E-state index contributed by atoms with van der Waals surface area (Å²) in [4.78, 5) is 4.75. The summed E-state index contributed by atoms with van der Waals surface area (Å²) in [5, 5.41) is 4.79. The SMILES string of the molecule is CC1(CN=C2NC(C(C)(C)C)CCS2)CC1. The van der Waals surface area contributed by atoms with Crippen LogP contribution in [0.1, 0.15) is 47.0 Å². The summed E-state index contributed by atoms with van der Waals surface area (Å²) in [6.07, 6.45) is 3.97. The molecular formula is C13H24N2S. The third kappa shape index (κ3) is 3.16. The smallest absolute Gasteiger partial charge is 0.156 e. The van der Waals surface area contributed by atoms with E-state index in [0.29, 0.717) is 16.9 Å². The Hall–Kier alpha value is -0.180. The first kappa shape index (κ1) is 12.3. The van der Waals surface area contributed by atoms with Crippen LogP contribution in [0.5, 0.6) is 0 Å². The highest BCUT2D eigenvalue weighted by Crippen LogP contribution is 2.45. The van der Waals surface area contributed by atoms with Gasteiger partial charge in [-0.1, -0.05) is 39.5 Å². The number of thioether (sulfide) groups is 1. The molecule has 0 radical (unpaired) electrons. The highest BCUT2D eigenvalue weighted by molar-refractivity contribution is 8.13. The molecule has 2 nitrogen and oxygen atoms in total. The molecule has 1 aliphatic carbocycles. The van der Waals surface area contributed by atoms with Crippen LogP contribution in [0.4, 0.5) is 0 Å². The second-order valence-corrected chi connectivity index (χ2v) is 7.72. The van der Waals surface area contributed by atoms with E-state index in [1.165, 1.54) is 30.2 Å². The Bertz CT molecular complexity index is 287. The van der Waals surface area contributed by atoms with Crippen molar-refractivity contribution in [2.24, 2.45) is 15.8 Å². The van der Waals surface area contributed by atoms with Crippen LogP contribution in [0.2, 0.25) is 0 Å². The third-order valence-electron chi connectivity index (χ3n) is 3.70. The summed E-state index contributed by atoms with van der Waals surface area (Å²) in [6.45, 7) is 10.3. The van der Waals surface area contributed by atoms with E-state index in [-0.39, 0.29) is 0 Å². The number of rotatable bonds is 2. The molecule has 16 heavy (non-hydrogen) atoms. The maximum Gasteiger partial charge on any atom is 0.156 e. The summed E-state index contributed by atoms with van der Waals surface area (Å²) < 4.78 is 0. The molecule has 92 valence electrons. The van der Waals surface area contributed by atoms with Gasteiger partial charge in [-0.25, -0.2) is 0 Å². The van der Waals surface area contributed by atoms with Crippen molar-refractivity contribution in [2.75, 3.05) is 12.3 Å². The molecule has 2 rings (SSSR count). The molecular weight excluding hydrogens is 216 g/mol. The van der Waals surface area contributed by atoms with Crippen molar-refractivity contribution in [3.05, 3.63) is 0 Å². The Balaban J connectivity index is 1.91. The van der Waals surface area contributed by atoms with Crippen LogP contribution < -0.4 is 5.32 Å². The zero-order valence-corrected chi connectivity index (χ0v) is 11.8. The van der Waals surface area contributed by atoms with E-state index in [4.69, 9.17) is 4.99 Å². The van der Waals surface area contributed by atoms with Gasteiger partial charge in [0.2, 0.25) is 0 Å². The van der Waals surface area contributed by atoms with Crippen LogP contribution in [0.15, 0.2) is 4.99 Å². The normalized spacial score (nSPS) is 31.2. The van der Waals surface area contributed by atoms with Gasteiger partial charge in [0.1, 0.15) is 0 Å². The van der Waals surface area contributed by atoms with Crippen LogP contribution in [0.25, 0.3) is 0 Å². The van der Waals surface area contributed by atoms with Gasteiger partial charge in [0.05, 0.1) is 0 Å². The molecule has 0 amide bonds. The zero-order valence-electron chi connectivity index (χ0n) is 11.0. The van der Waals surface area contributed by atoms with Gasteiger partial charge < -0.3 is 5.32 Å². The number of amidine groups is 1. The lowest BCUT2D eigenvalue weighted by atomic mass is 9.85. The van der Waals surface area contributed by atoms with Gasteiger partial charge in [0.25, 0.3) is 0 Å². The molecule has 1 unspecified atom stereocenters. The average Bonchev–Trinajstić information content (AvgIpc) is 2.94. The lowest BCUT2D eigenvalue weighted by Crippen LogP contribution is -2.46. The highest BCUT2D eigenvalue weighted by atomic mass is 32.2. The number of nitrogens with one attached hydrogen (secondary N) is 1. The molecule has 1 saturated carbocycles. The van der Waals surface area contributed by atoms with E-state index in [9.17, 15) is 0 Å². The maximum absolute atomic E-state index is 4.75. The van der Waals surface area contributed by atoms with E-state index >= 15 is 0 Å². The van der Waals surface area contributed by atoms with Gasteiger partial charge in [-0.15, -0.1) is 0 Å². The average molecular weight is 240 g/mol. The molecule has 1 N–H and O–H groups in total. The van der Waals surface area contributed by atoms with Gasteiger partial charge in [-0.05, 0) is 30.1 Å². The minimum Gasteiger partial charge on any atom is -0.362 e. The van der Waals surface area contributed by atoms with Crippen molar-refractivity contribution in [2.45, 2.75) is 53.0 Å². The van der Waals surface area contributed by atoms with Gasteiger partial charge in [0, 0.05) is 18.3 Å². The Morgan fingerprint density at radius 3 is 2.69 bits per heavy atom. The number of aliphatic imine (C=N–C) groups is 1. The minimum atomic E-state index is 0.339. The predicted octanol–water partition coefficient (Wildman–Crippen LogP) is 3.28. The topological polar surface area (TPSA) is 24.4 Å². The van der Waals surface area contributed by atoms with E-state index in [0.717, 1.165) is 6.54 Å². The number of nitrogens with zero attached hydrogens (tertiary/aromatic N) is 1. The van der Waals surface area contributed by atoms with E-state index in [1.807, 2.05) is 11.8 Å². The molecule has 0 aromatic carbocycles. The lowest BCUT2D eigenvalue weighted by molar-refractivity contribution is 0.290. The van der Waals surface area contributed by atoms with E-state index in [1.54, 1.807) is 0 Å². The molecule has 1 saturated heterocycles. The van der Waals surface area contributed by atoms with Crippen LogP contribution in [-0.4, -0.2) is 23.5 Å². The monoisotopic (exact) mass is 240 g/mol. The molecule has 1 atom stereocenters. The molecule has 0 spiro atoms. The fourth-order valence-corrected chi connectivity index (χ4v) is 2.84. The Labute approximate surface area is 104 Å². The fourth-order valence-electron chi connectivity index (χ4n) is 1.91. The summed E-state index contributed by atoms with van der Waals surface area (Å²) in [7, 11) is 0. The van der Waals surface area contributed by atoms with Crippen molar-refractivity contribution >= 4 is 16.9 Å². The number of hydrogen-bond donors (Lipinski definition) is 1. The maximum atomic E-state index is 4.75. The summed E-state index contributed by atoms with van der Waals surface area (Å²) >= 11 is 1.89. The van der Waals surface area contributed by atoms with Crippen LogP contribution in [0, 0.1) is 10.8 Å². The first-order valence-corrected chi connectivity index (χ1v) is 7.31. The zero-order chi connectivity index (χ0) is 11.8. The van der Waals surface area contributed by atoms with Crippen molar-refractivity contribution in [1.82, 2.24) is 5.32 Å². The van der Waals surface area contributed by atoms with Gasteiger partial charge in [-0.3, -0.25) is 4.99 Å². The van der Waals surface area contributed by atoms with E-state index in [2.05, 4.69) is 33.0 Å².